The van der Waals surface area contributed by atoms with Crippen LogP contribution in [0.5, 0.6) is 0 Å². The van der Waals surface area contributed by atoms with E-state index in [1.54, 1.807) is 6.20 Å². The molecule has 24 heavy (non-hydrogen) atoms. The largest absolute Gasteiger partial charge is 0.369 e. The fraction of sp³-hybridized carbons (Fsp3) is 0.444. The monoisotopic (exact) mass is 409 g/mol. The van der Waals surface area contributed by atoms with Crippen molar-refractivity contribution in [1.29, 1.82) is 0 Å². The maximum atomic E-state index is 12.3. The molecule has 0 atom stereocenters. The number of amides is 1. The second-order valence-electron chi connectivity index (χ2n) is 6.43. The third kappa shape index (κ3) is 3.52. The number of rotatable bonds is 2. The Kier molecular flexibility index (Phi) is 5.30. The predicted octanol–water partition coefficient (Wildman–Crippen LogP) is 4.35. The normalized spacial score (nSPS) is 15.9. The first kappa shape index (κ1) is 17.5. The van der Waals surface area contributed by atoms with Crippen molar-refractivity contribution in [3.05, 3.63) is 33.9 Å². The maximum Gasteiger partial charge on any atom is 0.225 e. The third-order valence-corrected chi connectivity index (χ3v) is 5.13. The third-order valence-electron chi connectivity index (χ3n) is 4.38. The Balaban J connectivity index is 1.90. The van der Waals surface area contributed by atoms with E-state index in [0.717, 1.165) is 53.7 Å². The second-order valence-corrected chi connectivity index (χ2v) is 7.76. The van der Waals surface area contributed by atoms with E-state index in [1.807, 2.05) is 30.9 Å². The number of benzene rings is 1. The highest BCUT2D eigenvalue weighted by molar-refractivity contribution is 9.10. The molecule has 0 N–H and O–H groups in total. The zero-order valence-electron chi connectivity index (χ0n) is 13.9. The molecule has 0 unspecified atom stereocenters. The van der Waals surface area contributed by atoms with Crippen molar-refractivity contribution < 1.29 is 4.79 Å². The number of hydrogen-bond acceptors (Lipinski definition) is 3. The van der Waals surface area contributed by atoms with Gasteiger partial charge in [-0.1, -0.05) is 41.4 Å². The van der Waals surface area contributed by atoms with Gasteiger partial charge in [0.05, 0.1) is 10.5 Å². The molecular weight excluding hydrogens is 390 g/mol. The minimum atomic E-state index is 0.0491. The molecule has 0 bridgehead atoms. The number of aromatic nitrogens is 1. The zero-order chi connectivity index (χ0) is 17.3. The molecule has 0 spiro atoms. The Morgan fingerprint density at radius 2 is 2.04 bits per heavy atom. The van der Waals surface area contributed by atoms with E-state index in [1.165, 1.54) is 0 Å². The lowest BCUT2D eigenvalue weighted by molar-refractivity contribution is -0.134. The molecule has 2 heterocycles. The molecule has 1 aromatic heterocycles. The summed E-state index contributed by atoms with van der Waals surface area (Å²) in [4.78, 5) is 21.0. The average molecular weight is 411 g/mol. The van der Waals surface area contributed by atoms with Crippen LogP contribution in [0, 0.1) is 5.92 Å². The van der Waals surface area contributed by atoms with Gasteiger partial charge in [0.25, 0.3) is 0 Å². The quantitative estimate of drug-likeness (QED) is 0.738. The van der Waals surface area contributed by atoms with Crippen LogP contribution in [0.3, 0.4) is 0 Å². The topological polar surface area (TPSA) is 36.4 Å². The SMILES string of the molecule is CC(C)C(=O)N1CCCN(c2ccnc3c(Cl)cc(Br)cc23)CC1. The van der Waals surface area contributed by atoms with Crippen LogP contribution in [0.4, 0.5) is 5.69 Å². The van der Waals surface area contributed by atoms with Gasteiger partial charge in [-0.3, -0.25) is 9.78 Å². The first-order valence-electron chi connectivity index (χ1n) is 8.25. The molecule has 4 nitrogen and oxygen atoms in total. The molecule has 0 radical (unpaired) electrons. The molecule has 2 aromatic rings. The Labute approximate surface area is 155 Å². The first-order valence-corrected chi connectivity index (χ1v) is 9.42. The molecule has 1 fully saturated rings. The van der Waals surface area contributed by atoms with Crippen LogP contribution in [-0.4, -0.2) is 42.0 Å². The van der Waals surface area contributed by atoms with Crippen LogP contribution in [-0.2, 0) is 4.79 Å². The van der Waals surface area contributed by atoms with Gasteiger partial charge in [0, 0.05) is 53.8 Å². The second kappa shape index (κ2) is 7.28. The van der Waals surface area contributed by atoms with E-state index >= 15 is 0 Å². The smallest absolute Gasteiger partial charge is 0.225 e. The number of anilines is 1. The van der Waals surface area contributed by atoms with Gasteiger partial charge >= 0.3 is 0 Å². The summed E-state index contributed by atoms with van der Waals surface area (Å²) >= 11 is 9.86. The lowest BCUT2D eigenvalue weighted by atomic mass is 10.1. The summed E-state index contributed by atoms with van der Waals surface area (Å²) in [5.74, 6) is 0.287. The minimum Gasteiger partial charge on any atom is -0.369 e. The lowest BCUT2D eigenvalue weighted by Crippen LogP contribution is -2.37. The molecule has 128 valence electrons. The summed E-state index contributed by atoms with van der Waals surface area (Å²) in [6.07, 6.45) is 2.77. The Bertz CT molecular complexity index is 765. The highest BCUT2D eigenvalue weighted by Crippen LogP contribution is 2.33. The Morgan fingerprint density at radius 1 is 1.25 bits per heavy atom. The van der Waals surface area contributed by atoms with Crippen molar-refractivity contribution in [2.75, 3.05) is 31.1 Å². The molecule has 6 heteroatoms. The molecule has 3 rings (SSSR count). The van der Waals surface area contributed by atoms with Crippen LogP contribution < -0.4 is 4.90 Å². The number of hydrogen-bond donors (Lipinski definition) is 0. The number of carbonyl (C=O) groups is 1. The van der Waals surface area contributed by atoms with Crippen LogP contribution in [0.15, 0.2) is 28.9 Å². The fourth-order valence-electron chi connectivity index (χ4n) is 3.18. The van der Waals surface area contributed by atoms with Crippen molar-refractivity contribution in [3.63, 3.8) is 0 Å². The van der Waals surface area contributed by atoms with Crippen molar-refractivity contribution in [3.8, 4) is 0 Å². The van der Waals surface area contributed by atoms with Gasteiger partial charge in [-0.2, -0.15) is 0 Å². The Hall–Kier alpha value is -1.33. The maximum absolute atomic E-state index is 12.3. The molecule has 0 aliphatic carbocycles. The summed E-state index contributed by atoms with van der Waals surface area (Å²) in [7, 11) is 0. The van der Waals surface area contributed by atoms with Crippen molar-refractivity contribution in [2.45, 2.75) is 20.3 Å². The molecule has 1 saturated heterocycles. The van der Waals surface area contributed by atoms with Crippen LogP contribution in [0.25, 0.3) is 10.9 Å². The van der Waals surface area contributed by atoms with Gasteiger partial charge in [-0.15, -0.1) is 0 Å². The summed E-state index contributed by atoms with van der Waals surface area (Å²) in [5, 5.41) is 1.69. The van der Waals surface area contributed by atoms with Gasteiger partial charge in [-0.05, 0) is 24.6 Å². The summed E-state index contributed by atoms with van der Waals surface area (Å²) in [5.41, 5.74) is 1.94. The highest BCUT2D eigenvalue weighted by Gasteiger charge is 2.22. The van der Waals surface area contributed by atoms with E-state index in [2.05, 4.69) is 31.9 Å². The van der Waals surface area contributed by atoms with Crippen LogP contribution in [0.2, 0.25) is 5.02 Å². The van der Waals surface area contributed by atoms with Gasteiger partial charge in [0.15, 0.2) is 0 Å². The average Bonchev–Trinajstić information content (AvgIpc) is 2.79. The number of nitrogens with zero attached hydrogens (tertiary/aromatic N) is 3. The van der Waals surface area contributed by atoms with Gasteiger partial charge in [-0.25, -0.2) is 0 Å². The van der Waals surface area contributed by atoms with Gasteiger partial charge in [0.2, 0.25) is 5.91 Å². The van der Waals surface area contributed by atoms with Gasteiger partial charge in [0.1, 0.15) is 0 Å². The molecular formula is C18H21BrClN3O. The van der Waals surface area contributed by atoms with Crippen LogP contribution >= 0.6 is 27.5 Å². The summed E-state index contributed by atoms with van der Waals surface area (Å²) in [6, 6.07) is 5.96. The van der Waals surface area contributed by atoms with E-state index in [4.69, 9.17) is 11.6 Å². The summed E-state index contributed by atoms with van der Waals surface area (Å²) in [6.45, 7) is 7.23. The van der Waals surface area contributed by atoms with Crippen molar-refractivity contribution in [2.24, 2.45) is 5.92 Å². The fourth-order valence-corrected chi connectivity index (χ4v) is 4.04. The minimum absolute atomic E-state index is 0.0491. The molecule has 0 saturated carbocycles. The summed E-state index contributed by atoms with van der Waals surface area (Å²) < 4.78 is 0.945. The van der Waals surface area contributed by atoms with E-state index < -0.39 is 0 Å². The number of halogens is 2. The van der Waals surface area contributed by atoms with E-state index in [9.17, 15) is 4.79 Å². The molecule has 1 aliphatic heterocycles. The standard InChI is InChI=1S/C18H21BrClN3O/c1-12(2)18(24)23-7-3-6-22(8-9-23)16-4-5-21-17-14(16)10-13(19)11-15(17)20/h4-5,10-12H,3,6-9H2,1-2H3. The van der Waals surface area contributed by atoms with Crippen LogP contribution in [0.1, 0.15) is 20.3 Å². The van der Waals surface area contributed by atoms with Crippen molar-refractivity contribution >= 4 is 50.0 Å². The van der Waals surface area contributed by atoms with E-state index in [0.29, 0.717) is 5.02 Å². The predicted molar refractivity (Wildman–Crippen MR) is 103 cm³/mol. The van der Waals surface area contributed by atoms with Gasteiger partial charge < -0.3 is 9.80 Å². The lowest BCUT2D eigenvalue weighted by Gasteiger charge is -2.25. The molecule has 1 aliphatic rings. The van der Waals surface area contributed by atoms with E-state index in [-0.39, 0.29) is 11.8 Å². The molecule has 1 aromatic carbocycles. The zero-order valence-corrected chi connectivity index (χ0v) is 16.3. The molecule has 1 amide bonds. The number of pyridine rings is 1. The van der Waals surface area contributed by atoms with Crippen molar-refractivity contribution in [1.82, 2.24) is 9.88 Å². The number of carbonyl (C=O) groups excluding carboxylic acids is 1. The first-order chi connectivity index (χ1) is 11.5. The highest BCUT2D eigenvalue weighted by atomic mass is 79.9. The number of fused-ring (bicyclic) bond motifs is 1. The Morgan fingerprint density at radius 3 is 2.79 bits per heavy atom.